The molecule has 3 heterocycles. The topological polar surface area (TPSA) is 92.7 Å². The Balaban J connectivity index is 1.45. The van der Waals surface area contributed by atoms with Crippen LogP contribution in [0, 0.1) is 13.8 Å². The van der Waals surface area contributed by atoms with Gasteiger partial charge in [-0.15, -0.1) is 11.3 Å². The number of thiazole rings is 1. The molecule has 0 aliphatic rings. The van der Waals surface area contributed by atoms with Gasteiger partial charge in [-0.1, -0.05) is 48.5 Å². The molecule has 5 rings (SSSR count). The second kappa shape index (κ2) is 7.90. The number of nitrogens with zero attached hydrogens (tertiary/aromatic N) is 3. The maximum absolute atomic E-state index is 13.0. The highest BCUT2D eigenvalue weighted by Gasteiger charge is 2.24. The van der Waals surface area contributed by atoms with Crippen LogP contribution in [0.4, 0.5) is 5.82 Å². The van der Waals surface area contributed by atoms with Gasteiger partial charge >= 0.3 is 0 Å². The fourth-order valence-electron chi connectivity index (χ4n) is 3.69. The number of hydrogen-bond acceptors (Lipinski definition) is 5. The first-order valence-electron chi connectivity index (χ1n) is 10.0. The molecular formula is C24H19N5O2S. The number of aryl methyl sites for hydroxylation is 2. The molecule has 7 nitrogen and oxygen atoms in total. The van der Waals surface area contributed by atoms with E-state index in [1.807, 2.05) is 66.9 Å². The third-order valence-electron chi connectivity index (χ3n) is 5.14. The number of para-hydroxylation sites is 1. The lowest BCUT2D eigenvalue weighted by molar-refractivity contribution is -0.112. The fraction of sp³-hybridized carbons (Fsp3) is 0.0833. The molecule has 8 heteroatoms. The molecule has 32 heavy (non-hydrogen) atoms. The SMILES string of the molecule is Cc1cc(NC(=O)C(=O)c2c(C)[nH]c3ccccc23)n(-c2nc(-c3ccccc3)cs2)n1. The summed E-state index contributed by atoms with van der Waals surface area (Å²) in [6.45, 7) is 3.61. The predicted molar refractivity (Wildman–Crippen MR) is 125 cm³/mol. The first-order chi connectivity index (χ1) is 15.5. The molecule has 0 aliphatic heterocycles. The molecule has 2 N–H and O–H groups in total. The van der Waals surface area contributed by atoms with Crippen molar-refractivity contribution in [3.8, 4) is 16.4 Å². The van der Waals surface area contributed by atoms with Gasteiger partial charge in [0.25, 0.3) is 11.7 Å². The van der Waals surface area contributed by atoms with E-state index in [4.69, 9.17) is 0 Å². The Hall–Kier alpha value is -4.04. The van der Waals surface area contributed by atoms with Crippen molar-refractivity contribution >= 4 is 39.7 Å². The first kappa shape index (κ1) is 19.9. The molecule has 0 aliphatic carbocycles. The number of nitrogens with one attached hydrogen (secondary N) is 2. The Morgan fingerprint density at radius 2 is 1.78 bits per heavy atom. The molecule has 0 saturated heterocycles. The normalized spacial score (nSPS) is 11.1. The molecule has 0 bridgehead atoms. The number of ketones is 1. The van der Waals surface area contributed by atoms with Crippen molar-refractivity contribution in [1.82, 2.24) is 19.7 Å². The number of aromatic amines is 1. The van der Waals surface area contributed by atoms with E-state index >= 15 is 0 Å². The number of aromatic nitrogens is 4. The summed E-state index contributed by atoms with van der Waals surface area (Å²) < 4.78 is 1.56. The largest absolute Gasteiger partial charge is 0.358 e. The average molecular weight is 442 g/mol. The number of anilines is 1. The van der Waals surface area contributed by atoms with Crippen LogP contribution in [0.15, 0.2) is 66.0 Å². The summed E-state index contributed by atoms with van der Waals surface area (Å²) in [6, 6.07) is 19.0. The number of benzene rings is 2. The van der Waals surface area contributed by atoms with Crippen molar-refractivity contribution < 1.29 is 9.59 Å². The smallest absolute Gasteiger partial charge is 0.298 e. The van der Waals surface area contributed by atoms with Gasteiger partial charge in [-0.2, -0.15) is 9.78 Å². The molecule has 0 radical (unpaired) electrons. The Bertz CT molecular complexity index is 1460. The number of amides is 1. The monoisotopic (exact) mass is 441 g/mol. The van der Waals surface area contributed by atoms with Crippen LogP contribution in [-0.2, 0) is 4.79 Å². The van der Waals surface area contributed by atoms with Gasteiger partial charge in [0.05, 0.1) is 17.0 Å². The molecule has 0 atom stereocenters. The standard InChI is InChI=1S/C24H19N5O2S/c1-14-12-20(29(28-14)24-26-19(13-32-24)16-8-4-3-5-9-16)27-23(31)22(30)21-15(2)25-18-11-7-6-10-17(18)21/h3-13,25H,1-2H3,(H,27,31). The third kappa shape index (κ3) is 3.50. The Kier molecular flexibility index (Phi) is 4.91. The van der Waals surface area contributed by atoms with Crippen LogP contribution in [0.2, 0.25) is 0 Å². The van der Waals surface area contributed by atoms with Crippen molar-refractivity contribution in [2.45, 2.75) is 13.8 Å². The van der Waals surface area contributed by atoms with Crippen LogP contribution in [0.1, 0.15) is 21.7 Å². The van der Waals surface area contributed by atoms with Crippen LogP contribution in [0.3, 0.4) is 0 Å². The van der Waals surface area contributed by atoms with E-state index in [0.717, 1.165) is 22.2 Å². The van der Waals surface area contributed by atoms with Crippen molar-refractivity contribution in [3.05, 3.63) is 83.0 Å². The van der Waals surface area contributed by atoms with E-state index in [-0.39, 0.29) is 0 Å². The molecule has 158 valence electrons. The van der Waals surface area contributed by atoms with Crippen molar-refractivity contribution in [1.29, 1.82) is 0 Å². The van der Waals surface area contributed by atoms with Gasteiger partial charge < -0.3 is 10.3 Å². The van der Waals surface area contributed by atoms with Crippen LogP contribution in [0.25, 0.3) is 27.3 Å². The third-order valence-corrected chi connectivity index (χ3v) is 5.96. The lowest BCUT2D eigenvalue weighted by atomic mass is 10.1. The molecule has 0 spiro atoms. The zero-order valence-corrected chi connectivity index (χ0v) is 18.2. The maximum atomic E-state index is 13.0. The number of fused-ring (bicyclic) bond motifs is 1. The number of rotatable bonds is 5. The van der Waals surface area contributed by atoms with Gasteiger partial charge in [-0.3, -0.25) is 9.59 Å². The number of hydrogen-bond donors (Lipinski definition) is 2. The molecule has 5 aromatic rings. The van der Waals surface area contributed by atoms with Crippen LogP contribution >= 0.6 is 11.3 Å². The zero-order chi connectivity index (χ0) is 22.2. The van der Waals surface area contributed by atoms with Crippen molar-refractivity contribution in [2.24, 2.45) is 0 Å². The minimum atomic E-state index is -0.723. The highest BCUT2D eigenvalue weighted by atomic mass is 32.1. The minimum Gasteiger partial charge on any atom is -0.358 e. The minimum absolute atomic E-state index is 0.376. The summed E-state index contributed by atoms with van der Waals surface area (Å²) in [5.41, 5.74) is 4.37. The summed E-state index contributed by atoms with van der Waals surface area (Å²) in [7, 11) is 0. The van der Waals surface area contributed by atoms with Crippen LogP contribution in [-0.4, -0.2) is 31.4 Å². The Labute approximate surface area is 187 Å². The summed E-state index contributed by atoms with van der Waals surface area (Å²) in [5.74, 6) is -0.930. The van der Waals surface area contributed by atoms with Crippen LogP contribution < -0.4 is 5.32 Å². The van der Waals surface area contributed by atoms with Gasteiger partial charge in [0.1, 0.15) is 5.82 Å². The zero-order valence-electron chi connectivity index (χ0n) is 17.4. The molecule has 2 aromatic carbocycles. The number of H-pyrrole nitrogens is 1. The van der Waals surface area contributed by atoms with Gasteiger partial charge in [-0.05, 0) is 19.9 Å². The first-order valence-corrected chi connectivity index (χ1v) is 10.9. The maximum Gasteiger partial charge on any atom is 0.298 e. The van der Waals surface area contributed by atoms with Gasteiger partial charge in [0.15, 0.2) is 0 Å². The number of carbonyl (C=O) groups excluding carboxylic acids is 2. The second-order valence-corrected chi connectivity index (χ2v) is 8.25. The highest BCUT2D eigenvalue weighted by molar-refractivity contribution is 7.12. The van der Waals surface area contributed by atoms with E-state index in [1.165, 1.54) is 11.3 Å². The molecular weight excluding hydrogens is 422 g/mol. The summed E-state index contributed by atoms with van der Waals surface area (Å²) in [4.78, 5) is 33.7. The number of Topliss-reactive ketones (excluding diaryl/α,β-unsaturated/α-hetero) is 1. The predicted octanol–water partition coefficient (Wildman–Crippen LogP) is 4.92. The molecule has 0 unspecified atom stereocenters. The second-order valence-electron chi connectivity index (χ2n) is 7.42. The van der Waals surface area contributed by atoms with E-state index < -0.39 is 11.7 Å². The van der Waals surface area contributed by atoms with Crippen molar-refractivity contribution in [3.63, 3.8) is 0 Å². The quantitative estimate of drug-likeness (QED) is 0.299. The molecule has 0 fully saturated rings. The molecule has 0 saturated carbocycles. The Morgan fingerprint density at radius 3 is 2.59 bits per heavy atom. The van der Waals surface area contributed by atoms with E-state index in [2.05, 4.69) is 20.4 Å². The molecule has 3 aromatic heterocycles. The summed E-state index contributed by atoms with van der Waals surface area (Å²) in [6.07, 6.45) is 0. The van der Waals surface area contributed by atoms with Crippen molar-refractivity contribution in [2.75, 3.05) is 5.32 Å². The Morgan fingerprint density at radius 1 is 1.03 bits per heavy atom. The lowest BCUT2D eigenvalue weighted by Gasteiger charge is -2.06. The summed E-state index contributed by atoms with van der Waals surface area (Å²) in [5, 5.41) is 10.4. The van der Waals surface area contributed by atoms with Gasteiger partial charge in [-0.25, -0.2) is 4.98 Å². The van der Waals surface area contributed by atoms with E-state index in [0.29, 0.717) is 27.9 Å². The lowest BCUT2D eigenvalue weighted by Crippen LogP contribution is -2.24. The highest BCUT2D eigenvalue weighted by Crippen LogP contribution is 2.27. The number of carbonyl (C=O) groups is 2. The van der Waals surface area contributed by atoms with Crippen LogP contribution in [0.5, 0.6) is 0 Å². The van der Waals surface area contributed by atoms with E-state index in [9.17, 15) is 9.59 Å². The average Bonchev–Trinajstić information content (AvgIpc) is 3.50. The van der Waals surface area contributed by atoms with E-state index in [1.54, 1.807) is 17.7 Å². The van der Waals surface area contributed by atoms with Gasteiger partial charge in [0.2, 0.25) is 5.13 Å². The van der Waals surface area contributed by atoms with Gasteiger partial charge in [0, 0.05) is 33.6 Å². The summed E-state index contributed by atoms with van der Waals surface area (Å²) >= 11 is 1.41. The fourth-order valence-corrected chi connectivity index (χ4v) is 4.49. The molecule has 1 amide bonds.